The van der Waals surface area contributed by atoms with Gasteiger partial charge in [-0.2, -0.15) is 0 Å². The SMILES string of the molecule is CC(C)(C)OC(=O)NC1CCNC1COC1CCC(c2ccccc2)CC1. The summed E-state index contributed by atoms with van der Waals surface area (Å²) in [6.07, 6.45) is 5.48. The third kappa shape index (κ3) is 6.22. The van der Waals surface area contributed by atoms with Crippen LogP contribution in [0.4, 0.5) is 4.79 Å². The summed E-state index contributed by atoms with van der Waals surface area (Å²) >= 11 is 0. The first kappa shape index (κ1) is 20.2. The molecule has 0 bridgehead atoms. The molecule has 27 heavy (non-hydrogen) atoms. The minimum absolute atomic E-state index is 0.0699. The second-order valence-corrected chi connectivity index (χ2v) is 8.82. The molecule has 1 aliphatic heterocycles. The molecule has 1 aromatic rings. The van der Waals surface area contributed by atoms with E-state index in [0.717, 1.165) is 25.8 Å². The van der Waals surface area contributed by atoms with Gasteiger partial charge < -0.3 is 20.1 Å². The Morgan fingerprint density at radius 2 is 1.81 bits per heavy atom. The Kier molecular flexibility index (Phi) is 6.77. The van der Waals surface area contributed by atoms with Crippen molar-refractivity contribution in [1.82, 2.24) is 10.6 Å². The molecule has 2 aliphatic rings. The molecular formula is C22H34N2O3. The molecule has 5 heteroatoms. The number of ether oxygens (including phenoxy) is 2. The number of hydrogen-bond donors (Lipinski definition) is 2. The van der Waals surface area contributed by atoms with E-state index < -0.39 is 5.60 Å². The number of rotatable bonds is 5. The van der Waals surface area contributed by atoms with Gasteiger partial charge in [0.25, 0.3) is 0 Å². The predicted octanol–water partition coefficient (Wildman–Crippen LogP) is 3.98. The first-order chi connectivity index (χ1) is 12.9. The van der Waals surface area contributed by atoms with Gasteiger partial charge in [-0.25, -0.2) is 4.79 Å². The van der Waals surface area contributed by atoms with Gasteiger partial charge in [0.2, 0.25) is 0 Å². The van der Waals surface area contributed by atoms with Gasteiger partial charge >= 0.3 is 6.09 Å². The number of hydrogen-bond acceptors (Lipinski definition) is 4. The van der Waals surface area contributed by atoms with E-state index in [2.05, 4.69) is 41.0 Å². The maximum Gasteiger partial charge on any atom is 0.407 e. The van der Waals surface area contributed by atoms with Crippen LogP contribution in [0.25, 0.3) is 0 Å². The second kappa shape index (κ2) is 9.07. The van der Waals surface area contributed by atoms with Crippen molar-refractivity contribution in [3.63, 3.8) is 0 Å². The van der Waals surface area contributed by atoms with Crippen LogP contribution in [0.2, 0.25) is 0 Å². The first-order valence-corrected chi connectivity index (χ1v) is 10.3. The van der Waals surface area contributed by atoms with E-state index in [-0.39, 0.29) is 18.2 Å². The molecule has 150 valence electrons. The summed E-state index contributed by atoms with van der Waals surface area (Å²) < 4.78 is 11.6. The standard InChI is InChI=1S/C22H34N2O3/c1-22(2,3)27-21(25)24-19-13-14-23-20(19)15-26-18-11-9-17(10-12-18)16-7-5-4-6-8-16/h4-8,17-20,23H,9-15H2,1-3H3,(H,24,25). The van der Waals surface area contributed by atoms with Gasteiger partial charge in [0.1, 0.15) is 5.60 Å². The van der Waals surface area contributed by atoms with Crippen molar-refractivity contribution in [2.75, 3.05) is 13.2 Å². The maximum absolute atomic E-state index is 12.0. The quantitative estimate of drug-likeness (QED) is 0.818. The second-order valence-electron chi connectivity index (χ2n) is 8.82. The molecule has 2 N–H and O–H groups in total. The highest BCUT2D eigenvalue weighted by Crippen LogP contribution is 2.34. The van der Waals surface area contributed by atoms with Crippen LogP contribution in [0.15, 0.2) is 30.3 Å². The summed E-state index contributed by atoms with van der Waals surface area (Å²) in [5, 5.41) is 6.45. The van der Waals surface area contributed by atoms with Gasteiger partial charge in [0, 0.05) is 0 Å². The lowest BCUT2D eigenvalue weighted by Gasteiger charge is -2.30. The smallest absolute Gasteiger partial charge is 0.407 e. The van der Waals surface area contributed by atoms with E-state index in [1.807, 2.05) is 20.8 Å². The molecule has 0 aromatic heterocycles. The van der Waals surface area contributed by atoms with E-state index in [0.29, 0.717) is 18.6 Å². The predicted molar refractivity (Wildman–Crippen MR) is 107 cm³/mol. The van der Waals surface area contributed by atoms with E-state index in [1.165, 1.54) is 18.4 Å². The minimum Gasteiger partial charge on any atom is -0.444 e. The zero-order chi connectivity index (χ0) is 19.3. The normalized spacial score (nSPS) is 28.7. The lowest BCUT2D eigenvalue weighted by atomic mass is 9.83. The fraction of sp³-hybridized carbons (Fsp3) is 0.682. The van der Waals surface area contributed by atoms with Crippen LogP contribution in [0.1, 0.15) is 64.4 Å². The monoisotopic (exact) mass is 374 g/mol. The van der Waals surface area contributed by atoms with Gasteiger partial charge in [-0.15, -0.1) is 0 Å². The van der Waals surface area contributed by atoms with Crippen molar-refractivity contribution in [3.8, 4) is 0 Å². The Labute approximate surface area is 163 Å². The molecule has 1 saturated heterocycles. The molecular weight excluding hydrogens is 340 g/mol. The summed E-state index contributed by atoms with van der Waals surface area (Å²) in [6, 6.07) is 11.0. The van der Waals surface area contributed by atoms with Crippen molar-refractivity contribution in [2.45, 2.75) is 82.6 Å². The number of carbonyl (C=O) groups excluding carboxylic acids is 1. The highest BCUT2D eigenvalue weighted by molar-refractivity contribution is 5.68. The highest BCUT2D eigenvalue weighted by atomic mass is 16.6. The van der Waals surface area contributed by atoms with Crippen molar-refractivity contribution >= 4 is 6.09 Å². The maximum atomic E-state index is 12.0. The average molecular weight is 375 g/mol. The Bertz CT molecular complexity index is 591. The Morgan fingerprint density at radius 3 is 2.48 bits per heavy atom. The molecule has 1 heterocycles. The molecule has 1 saturated carbocycles. The topological polar surface area (TPSA) is 59.6 Å². The Balaban J connectivity index is 1.40. The largest absolute Gasteiger partial charge is 0.444 e. The molecule has 1 aromatic carbocycles. The summed E-state index contributed by atoms with van der Waals surface area (Å²) in [5.74, 6) is 0.664. The Morgan fingerprint density at radius 1 is 1.11 bits per heavy atom. The molecule has 1 aliphatic carbocycles. The van der Waals surface area contributed by atoms with Crippen molar-refractivity contribution in [1.29, 1.82) is 0 Å². The van der Waals surface area contributed by atoms with Gasteiger partial charge in [0.05, 0.1) is 24.8 Å². The van der Waals surface area contributed by atoms with E-state index in [4.69, 9.17) is 9.47 Å². The average Bonchev–Trinajstić information content (AvgIpc) is 3.06. The molecule has 3 rings (SSSR count). The lowest BCUT2D eigenvalue weighted by Crippen LogP contribution is -2.47. The van der Waals surface area contributed by atoms with E-state index in [1.54, 1.807) is 0 Å². The van der Waals surface area contributed by atoms with Crippen LogP contribution in [-0.2, 0) is 9.47 Å². The molecule has 2 atom stereocenters. The third-order valence-corrected chi connectivity index (χ3v) is 5.51. The lowest BCUT2D eigenvalue weighted by molar-refractivity contribution is 0.0101. The molecule has 1 amide bonds. The molecule has 2 fully saturated rings. The molecule has 5 nitrogen and oxygen atoms in total. The Hall–Kier alpha value is -1.59. The van der Waals surface area contributed by atoms with Crippen LogP contribution in [0.3, 0.4) is 0 Å². The summed E-state index contributed by atoms with van der Waals surface area (Å²) in [5.41, 5.74) is 0.981. The van der Waals surface area contributed by atoms with Crippen LogP contribution in [-0.4, -0.2) is 43.0 Å². The van der Waals surface area contributed by atoms with Gasteiger partial charge in [-0.1, -0.05) is 30.3 Å². The van der Waals surface area contributed by atoms with Crippen LogP contribution >= 0.6 is 0 Å². The van der Waals surface area contributed by atoms with Gasteiger partial charge in [0.15, 0.2) is 0 Å². The summed E-state index contributed by atoms with van der Waals surface area (Å²) in [6.45, 7) is 7.18. The zero-order valence-electron chi connectivity index (χ0n) is 16.9. The van der Waals surface area contributed by atoms with E-state index in [9.17, 15) is 4.79 Å². The fourth-order valence-corrected chi connectivity index (χ4v) is 4.10. The number of nitrogens with one attached hydrogen (secondary N) is 2. The number of alkyl carbamates (subject to hydrolysis) is 1. The van der Waals surface area contributed by atoms with Gasteiger partial charge in [-0.05, 0) is 70.9 Å². The number of amides is 1. The molecule has 0 radical (unpaired) electrons. The molecule has 2 unspecified atom stereocenters. The third-order valence-electron chi connectivity index (χ3n) is 5.51. The van der Waals surface area contributed by atoms with Crippen LogP contribution < -0.4 is 10.6 Å². The van der Waals surface area contributed by atoms with Crippen LogP contribution in [0, 0.1) is 0 Å². The number of benzene rings is 1. The van der Waals surface area contributed by atoms with Crippen LogP contribution in [0.5, 0.6) is 0 Å². The van der Waals surface area contributed by atoms with Crippen molar-refractivity contribution in [3.05, 3.63) is 35.9 Å². The fourth-order valence-electron chi connectivity index (χ4n) is 4.10. The first-order valence-electron chi connectivity index (χ1n) is 10.3. The van der Waals surface area contributed by atoms with E-state index >= 15 is 0 Å². The summed E-state index contributed by atoms with van der Waals surface area (Å²) in [4.78, 5) is 12.0. The zero-order valence-corrected chi connectivity index (χ0v) is 16.9. The summed E-state index contributed by atoms with van der Waals surface area (Å²) in [7, 11) is 0. The van der Waals surface area contributed by atoms with Gasteiger partial charge in [-0.3, -0.25) is 0 Å². The molecule has 0 spiro atoms. The van der Waals surface area contributed by atoms with Crippen molar-refractivity contribution in [2.24, 2.45) is 0 Å². The number of carbonyl (C=O) groups is 1. The highest BCUT2D eigenvalue weighted by Gasteiger charge is 2.31. The van der Waals surface area contributed by atoms with Crippen molar-refractivity contribution < 1.29 is 14.3 Å². The minimum atomic E-state index is -0.473.